The van der Waals surface area contributed by atoms with Crippen LogP contribution in [0.3, 0.4) is 0 Å². The van der Waals surface area contributed by atoms with Crippen LogP contribution < -0.4 is 16.4 Å². The maximum Gasteiger partial charge on any atom is 0.247 e. The van der Waals surface area contributed by atoms with Crippen LogP contribution in [0.15, 0.2) is 91.0 Å². The predicted octanol–water partition coefficient (Wildman–Crippen LogP) is 12.6. The van der Waals surface area contributed by atoms with Crippen LogP contribution >= 0.6 is 0 Å². The molecule has 3 aromatic heterocycles. The summed E-state index contributed by atoms with van der Waals surface area (Å²) in [6.45, 7) is 33.3. The Hall–Kier alpha value is -5.02. The van der Waals surface area contributed by atoms with Crippen LogP contribution in [0.2, 0.25) is 0 Å². The van der Waals surface area contributed by atoms with E-state index >= 15 is 0 Å². The second-order valence-corrected chi connectivity index (χ2v) is 22.8. The largest absolute Gasteiger partial charge is 0.310 e. The Kier molecular flexibility index (Phi) is 6.71. The fraction of sp³-hybridized carbons (Fsp3) is 0.345. The zero-order valence-electron chi connectivity index (χ0n) is 37.1. The van der Waals surface area contributed by atoms with Gasteiger partial charge >= 0.3 is 0 Å². The van der Waals surface area contributed by atoms with E-state index in [9.17, 15) is 0 Å². The van der Waals surface area contributed by atoms with E-state index in [-0.39, 0.29) is 33.8 Å². The number of benzene rings is 6. The van der Waals surface area contributed by atoms with Crippen molar-refractivity contribution in [1.29, 1.82) is 0 Å². The van der Waals surface area contributed by atoms with E-state index in [0.29, 0.717) is 0 Å². The van der Waals surface area contributed by atoms with Crippen molar-refractivity contribution in [1.82, 2.24) is 8.97 Å². The first-order valence-corrected chi connectivity index (χ1v) is 21.6. The minimum absolute atomic E-state index is 0.00824. The average Bonchev–Trinajstić information content (AvgIpc) is 3.77. The maximum absolute atomic E-state index is 2.64. The van der Waals surface area contributed by atoms with Crippen molar-refractivity contribution < 1.29 is 0 Å². The molecule has 0 saturated heterocycles. The maximum atomic E-state index is 2.64. The first-order chi connectivity index (χ1) is 27.0. The molecular formula is C55H57BN2. The summed E-state index contributed by atoms with van der Waals surface area (Å²) in [5.74, 6) is 0. The van der Waals surface area contributed by atoms with E-state index in [1.54, 1.807) is 0 Å². The molecule has 0 saturated carbocycles. The Balaban J connectivity index is 1.30. The molecule has 9 aromatic rings. The van der Waals surface area contributed by atoms with Crippen LogP contribution in [0.25, 0.3) is 65.6 Å². The smallest absolute Gasteiger partial charge is 0.247 e. The third kappa shape index (κ3) is 4.57. The molecule has 3 heteroatoms. The highest BCUT2D eigenvalue weighted by atomic mass is 15.0. The molecule has 0 bridgehead atoms. The molecule has 2 aliphatic heterocycles. The normalized spacial score (nSPS) is 15.5. The lowest BCUT2D eigenvalue weighted by Crippen LogP contribution is -2.63. The molecule has 0 amide bonds. The Morgan fingerprint density at radius 2 is 0.931 bits per heavy atom. The topological polar surface area (TPSA) is 9.34 Å². The lowest BCUT2D eigenvalue weighted by atomic mass is 9.30. The Labute approximate surface area is 344 Å². The van der Waals surface area contributed by atoms with Crippen molar-refractivity contribution in [2.75, 3.05) is 0 Å². The Morgan fingerprint density at radius 1 is 0.431 bits per heavy atom. The molecule has 2 nitrogen and oxygen atoms in total. The molecule has 5 heterocycles. The van der Waals surface area contributed by atoms with Crippen LogP contribution in [0.5, 0.6) is 0 Å². The van der Waals surface area contributed by atoms with E-state index in [1.807, 2.05) is 0 Å². The standard InChI is InChI=1S/C55H57BN2/c1-51(2,3)30-19-21-45-34(22-30)37-24-32(53(7,8)9)25-38-36-28-42-41(29-47(36)58(45)49(37)38)55(13,14)40-16-15-17-46-48(40)56(42)43-27-33(54(10,11)12)26-39-35-23-31(52(4,5)6)18-20-44(35)57(46)50(39)43/h15-29H,1-14H3. The highest BCUT2D eigenvalue weighted by Gasteiger charge is 2.46. The van der Waals surface area contributed by atoms with Gasteiger partial charge in [-0.05, 0) is 121 Å². The minimum Gasteiger partial charge on any atom is -0.310 e. The monoisotopic (exact) mass is 756 g/mol. The van der Waals surface area contributed by atoms with Gasteiger partial charge in [0.25, 0.3) is 0 Å². The second-order valence-electron chi connectivity index (χ2n) is 22.8. The van der Waals surface area contributed by atoms with Crippen LogP contribution in [-0.4, -0.2) is 15.7 Å². The van der Waals surface area contributed by atoms with Crippen LogP contribution in [0.1, 0.15) is 130 Å². The van der Waals surface area contributed by atoms with Crippen LogP contribution in [-0.2, 0) is 27.1 Å². The number of hydrogen-bond acceptors (Lipinski definition) is 0. The summed E-state index contributed by atoms with van der Waals surface area (Å²) < 4.78 is 5.24. The Morgan fingerprint density at radius 3 is 1.52 bits per heavy atom. The van der Waals surface area contributed by atoms with Crippen LogP contribution in [0.4, 0.5) is 0 Å². The SMILES string of the molecule is CC(C)(C)c1ccc2c(c1)c1cc(C(C)(C)C)cc3c1n2-c1cccc2c1B3c1cc3c4cc(C(C)(C)C)cc5c6cc(C(C)(C)C)ccc6n(c3cc1C2(C)C)c54. The van der Waals surface area contributed by atoms with Crippen molar-refractivity contribution >= 4 is 83.0 Å². The van der Waals surface area contributed by atoms with Crippen molar-refractivity contribution in [3.8, 4) is 5.69 Å². The summed E-state index contributed by atoms with van der Waals surface area (Å²) in [6, 6.07) is 37.1. The van der Waals surface area contributed by atoms with Gasteiger partial charge in [-0.25, -0.2) is 0 Å². The fourth-order valence-corrected chi connectivity index (χ4v) is 11.1. The minimum atomic E-state index is -0.209. The highest BCUT2D eigenvalue weighted by molar-refractivity contribution is 6.99. The molecule has 0 unspecified atom stereocenters. The van der Waals surface area contributed by atoms with Gasteiger partial charge in [0.15, 0.2) is 0 Å². The van der Waals surface area contributed by atoms with Gasteiger partial charge in [-0.1, -0.05) is 139 Å². The van der Waals surface area contributed by atoms with Crippen molar-refractivity contribution in [2.45, 2.75) is 124 Å². The van der Waals surface area contributed by atoms with Gasteiger partial charge in [0.2, 0.25) is 6.71 Å². The van der Waals surface area contributed by atoms with Gasteiger partial charge in [-0.2, -0.15) is 0 Å². The van der Waals surface area contributed by atoms with Gasteiger partial charge in [0, 0.05) is 48.9 Å². The van der Waals surface area contributed by atoms with Crippen LogP contribution in [0, 0.1) is 0 Å². The second kappa shape index (κ2) is 10.8. The molecule has 0 N–H and O–H groups in total. The molecule has 0 radical (unpaired) electrons. The molecule has 11 rings (SSSR count). The summed E-state index contributed by atoms with van der Waals surface area (Å²) in [6.07, 6.45) is 0. The quantitative estimate of drug-likeness (QED) is 0.136. The number of aromatic nitrogens is 2. The number of hydrogen-bond donors (Lipinski definition) is 0. The lowest BCUT2D eigenvalue weighted by molar-refractivity contribution is 0.590. The third-order valence-electron chi connectivity index (χ3n) is 14.5. The molecule has 0 fully saturated rings. The van der Waals surface area contributed by atoms with E-state index in [1.165, 1.54) is 115 Å². The van der Waals surface area contributed by atoms with Gasteiger partial charge in [-0.15, -0.1) is 0 Å². The zero-order chi connectivity index (χ0) is 41.0. The summed E-state index contributed by atoms with van der Waals surface area (Å²) in [4.78, 5) is 0. The number of fused-ring (bicyclic) bond motifs is 13. The number of nitrogens with zero attached hydrogens (tertiary/aromatic N) is 2. The molecule has 0 atom stereocenters. The van der Waals surface area contributed by atoms with E-state index in [4.69, 9.17) is 0 Å². The molecule has 0 aliphatic carbocycles. The molecule has 2 aliphatic rings. The van der Waals surface area contributed by atoms with E-state index in [2.05, 4.69) is 197 Å². The van der Waals surface area contributed by atoms with Crippen molar-refractivity contribution in [3.63, 3.8) is 0 Å². The first-order valence-electron chi connectivity index (χ1n) is 21.6. The predicted molar refractivity (Wildman–Crippen MR) is 253 cm³/mol. The number of rotatable bonds is 0. The third-order valence-corrected chi connectivity index (χ3v) is 14.5. The summed E-state index contributed by atoms with van der Waals surface area (Å²) in [5.41, 5.74) is 20.8. The zero-order valence-corrected chi connectivity index (χ0v) is 37.1. The van der Waals surface area contributed by atoms with E-state index in [0.717, 1.165) is 0 Å². The van der Waals surface area contributed by atoms with Gasteiger partial charge in [0.05, 0.1) is 22.1 Å². The molecule has 0 spiro atoms. The summed E-state index contributed by atoms with van der Waals surface area (Å²) in [5, 5.41) is 8.22. The lowest BCUT2D eigenvalue weighted by Gasteiger charge is -2.42. The van der Waals surface area contributed by atoms with Crippen molar-refractivity contribution in [3.05, 3.63) is 124 Å². The highest BCUT2D eigenvalue weighted by Crippen LogP contribution is 2.46. The first kappa shape index (κ1) is 36.1. The molecule has 290 valence electrons. The van der Waals surface area contributed by atoms with Gasteiger partial charge in [0.1, 0.15) is 0 Å². The summed E-state index contributed by atoms with van der Waals surface area (Å²) in [7, 11) is 0. The van der Waals surface area contributed by atoms with Gasteiger partial charge in [-0.3, -0.25) is 0 Å². The molecule has 6 aromatic carbocycles. The average molecular weight is 757 g/mol. The molecule has 58 heavy (non-hydrogen) atoms. The fourth-order valence-electron chi connectivity index (χ4n) is 11.1. The van der Waals surface area contributed by atoms with Gasteiger partial charge < -0.3 is 8.97 Å². The summed E-state index contributed by atoms with van der Waals surface area (Å²) >= 11 is 0. The molecular weight excluding hydrogens is 699 g/mol. The Bertz CT molecular complexity index is 3280. The van der Waals surface area contributed by atoms with E-state index < -0.39 is 0 Å². The van der Waals surface area contributed by atoms with Crippen molar-refractivity contribution in [2.24, 2.45) is 0 Å².